The Kier molecular flexibility index (Phi) is 3.53. The van der Waals surface area contributed by atoms with Crippen LogP contribution in [0.1, 0.15) is 38.7 Å². The fraction of sp³-hybridized carbons (Fsp3) is 0.353. The van der Waals surface area contributed by atoms with Crippen molar-refractivity contribution in [2.45, 2.75) is 32.7 Å². The van der Waals surface area contributed by atoms with Gasteiger partial charge < -0.3 is 9.15 Å². The van der Waals surface area contributed by atoms with Crippen LogP contribution in [0.4, 0.5) is 0 Å². The first-order chi connectivity index (χ1) is 11.6. The molecule has 0 bridgehead atoms. The van der Waals surface area contributed by atoms with E-state index in [-0.39, 0.29) is 12.1 Å². The van der Waals surface area contributed by atoms with Gasteiger partial charge in [0, 0.05) is 4.88 Å². The highest BCUT2D eigenvalue weighted by molar-refractivity contribution is 7.18. The van der Waals surface area contributed by atoms with Gasteiger partial charge in [-0.15, -0.1) is 11.3 Å². The Bertz CT molecular complexity index is 1010. The quantitative estimate of drug-likeness (QED) is 0.683. The average Bonchev–Trinajstić information content (AvgIpc) is 3.23. The van der Waals surface area contributed by atoms with E-state index in [1.165, 1.54) is 16.6 Å². The molecule has 0 aromatic carbocycles. The van der Waals surface area contributed by atoms with E-state index in [0.29, 0.717) is 17.1 Å². The standard InChI is InChI=1S/C17H16N2O4S/c1-9-12(17(21)22-2)6-10(23-9)7-19-8-18-15-14(16(19)20)11-4-3-5-13(11)24-15/h6,8H,3-5,7H2,1-2H3. The van der Waals surface area contributed by atoms with Crippen LogP contribution in [-0.4, -0.2) is 22.6 Å². The van der Waals surface area contributed by atoms with Gasteiger partial charge in [-0.2, -0.15) is 0 Å². The van der Waals surface area contributed by atoms with Gasteiger partial charge >= 0.3 is 5.97 Å². The second kappa shape index (κ2) is 5.59. The summed E-state index contributed by atoms with van der Waals surface area (Å²) in [5, 5.41) is 0.742. The SMILES string of the molecule is COC(=O)c1cc(Cn2cnc3sc4c(c3c2=O)CCC4)oc1C. The lowest BCUT2D eigenvalue weighted by Crippen LogP contribution is -2.21. The van der Waals surface area contributed by atoms with Gasteiger partial charge in [0.05, 0.1) is 25.4 Å². The topological polar surface area (TPSA) is 74.3 Å². The highest BCUT2D eigenvalue weighted by atomic mass is 32.1. The van der Waals surface area contributed by atoms with Crippen LogP contribution >= 0.6 is 11.3 Å². The summed E-state index contributed by atoms with van der Waals surface area (Å²) in [6, 6.07) is 1.62. The number of furan rings is 1. The summed E-state index contributed by atoms with van der Waals surface area (Å²) in [6.07, 6.45) is 4.63. The van der Waals surface area contributed by atoms with Crippen LogP contribution in [0.3, 0.4) is 0 Å². The van der Waals surface area contributed by atoms with Gasteiger partial charge in [0.2, 0.25) is 0 Å². The van der Waals surface area contributed by atoms with Crippen molar-refractivity contribution in [2.24, 2.45) is 0 Å². The lowest BCUT2D eigenvalue weighted by molar-refractivity contribution is 0.0599. The molecule has 0 atom stereocenters. The number of aromatic nitrogens is 2. The van der Waals surface area contributed by atoms with Gasteiger partial charge in [0.1, 0.15) is 21.9 Å². The van der Waals surface area contributed by atoms with Crippen molar-refractivity contribution >= 4 is 27.5 Å². The van der Waals surface area contributed by atoms with E-state index in [4.69, 9.17) is 9.15 Å². The third-order valence-electron chi connectivity index (χ3n) is 4.39. The Morgan fingerprint density at radius 2 is 2.29 bits per heavy atom. The summed E-state index contributed by atoms with van der Waals surface area (Å²) in [5.74, 6) is 0.567. The molecular weight excluding hydrogens is 328 g/mol. The number of carbonyl (C=O) groups excluding carboxylic acids is 1. The largest absolute Gasteiger partial charge is 0.465 e. The molecule has 1 aliphatic carbocycles. The summed E-state index contributed by atoms with van der Waals surface area (Å²) >= 11 is 1.62. The molecule has 0 saturated carbocycles. The van der Waals surface area contributed by atoms with Gasteiger partial charge in [-0.05, 0) is 37.8 Å². The Morgan fingerprint density at radius 3 is 3.08 bits per heavy atom. The van der Waals surface area contributed by atoms with Crippen LogP contribution in [0.15, 0.2) is 21.6 Å². The fourth-order valence-electron chi connectivity index (χ4n) is 3.23. The van der Waals surface area contributed by atoms with E-state index in [0.717, 1.165) is 35.0 Å². The molecule has 7 heteroatoms. The Hall–Kier alpha value is -2.41. The molecule has 6 nitrogen and oxygen atoms in total. The van der Waals surface area contributed by atoms with E-state index in [9.17, 15) is 9.59 Å². The number of aryl methyl sites for hydroxylation is 3. The van der Waals surface area contributed by atoms with Crippen LogP contribution in [0.2, 0.25) is 0 Å². The van der Waals surface area contributed by atoms with Gasteiger partial charge in [0.15, 0.2) is 0 Å². The summed E-state index contributed by atoms with van der Waals surface area (Å²) in [7, 11) is 1.33. The van der Waals surface area contributed by atoms with E-state index in [1.807, 2.05) is 0 Å². The van der Waals surface area contributed by atoms with Crippen molar-refractivity contribution < 1.29 is 13.9 Å². The predicted molar refractivity (Wildman–Crippen MR) is 89.8 cm³/mol. The minimum atomic E-state index is -0.445. The molecule has 0 saturated heterocycles. The maximum atomic E-state index is 12.8. The molecule has 0 amide bonds. The van der Waals surface area contributed by atoms with Crippen LogP contribution < -0.4 is 5.56 Å². The number of rotatable bonds is 3. The highest BCUT2D eigenvalue weighted by Crippen LogP contribution is 2.34. The first-order valence-corrected chi connectivity index (χ1v) is 8.57. The second-order valence-corrected chi connectivity index (χ2v) is 6.97. The summed E-state index contributed by atoms with van der Waals surface area (Å²) < 4.78 is 11.9. The molecule has 3 aromatic heterocycles. The lowest BCUT2D eigenvalue weighted by atomic mass is 10.2. The van der Waals surface area contributed by atoms with Crippen molar-refractivity contribution in [1.29, 1.82) is 0 Å². The van der Waals surface area contributed by atoms with Crippen LogP contribution in [0, 0.1) is 6.92 Å². The van der Waals surface area contributed by atoms with Crippen molar-refractivity contribution in [3.05, 3.63) is 50.3 Å². The highest BCUT2D eigenvalue weighted by Gasteiger charge is 2.22. The number of hydrogen-bond acceptors (Lipinski definition) is 6. The number of ether oxygens (including phenoxy) is 1. The smallest absolute Gasteiger partial charge is 0.341 e. The third-order valence-corrected chi connectivity index (χ3v) is 5.59. The third kappa shape index (κ3) is 2.27. The molecular formula is C17H16N2O4S. The number of nitrogens with zero attached hydrogens (tertiary/aromatic N) is 2. The Labute approximate surface area is 141 Å². The normalized spacial score (nSPS) is 13.4. The van der Waals surface area contributed by atoms with Crippen LogP contribution in [0.25, 0.3) is 10.2 Å². The number of methoxy groups -OCH3 is 1. The molecule has 0 spiro atoms. The number of fused-ring (bicyclic) bond motifs is 3. The molecule has 0 N–H and O–H groups in total. The number of hydrogen-bond donors (Lipinski definition) is 0. The summed E-state index contributed by atoms with van der Waals surface area (Å²) in [5.41, 5.74) is 1.49. The molecule has 0 radical (unpaired) electrons. The summed E-state index contributed by atoms with van der Waals surface area (Å²) in [4.78, 5) is 31.0. The van der Waals surface area contributed by atoms with Crippen molar-refractivity contribution in [3.8, 4) is 0 Å². The van der Waals surface area contributed by atoms with Crippen molar-refractivity contribution in [2.75, 3.05) is 7.11 Å². The number of esters is 1. The minimum absolute atomic E-state index is 0.0481. The van der Waals surface area contributed by atoms with Crippen LogP contribution in [-0.2, 0) is 24.1 Å². The van der Waals surface area contributed by atoms with Gasteiger partial charge in [-0.3, -0.25) is 9.36 Å². The Morgan fingerprint density at radius 1 is 1.46 bits per heavy atom. The number of thiophene rings is 1. The zero-order valence-corrected chi connectivity index (χ0v) is 14.2. The van der Waals surface area contributed by atoms with E-state index < -0.39 is 5.97 Å². The Balaban J connectivity index is 1.74. The molecule has 3 aromatic rings. The summed E-state index contributed by atoms with van der Waals surface area (Å²) in [6.45, 7) is 1.94. The molecule has 124 valence electrons. The second-order valence-electron chi connectivity index (χ2n) is 5.89. The molecule has 3 heterocycles. The van der Waals surface area contributed by atoms with Crippen LogP contribution in [0.5, 0.6) is 0 Å². The first kappa shape index (κ1) is 15.1. The molecule has 24 heavy (non-hydrogen) atoms. The monoisotopic (exact) mass is 344 g/mol. The minimum Gasteiger partial charge on any atom is -0.465 e. The molecule has 1 aliphatic rings. The number of carbonyl (C=O) groups is 1. The van der Waals surface area contributed by atoms with Crippen molar-refractivity contribution in [3.63, 3.8) is 0 Å². The molecule has 4 rings (SSSR count). The zero-order valence-electron chi connectivity index (χ0n) is 13.4. The average molecular weight is 344 g/mol. The first-order valence-electron chi connectivity index (χ1n) is 7.75. The molecule has 0 fully saturated rings. The predicted octanol–water partition coefficient (Wildman–Crippen LogP) is 2.68. The molecule has 0 aliphatic heterocycles. The van der Waals surface area contributed by atoms with Gasteiger partial charge in [-0.25, -0.2) is 9.78 Å². The fourth-order valence-corrected chi connectivity index (χ4v) is 4.45. The zero-order chi connectivity index (χ0) is 16.8. The van der Waals surface area contributed by atoms with E-state index in [2.05, 4.69) is 4.98 Å². The maximum Gasteiger partial charge on any atom is 0.341 e. The maximum absolute atomic E-state index is 12.8. The van der Waals surface area contributed by atoms with Gasteiger partial charge in [0.25, 0.3) is 5.56 Å². The van der Waals surface area contributed by atoms with E-state index >= 15 is 0 Å². The van der Waals surface area contributed by atoms with E-state index in [1.54, 1.807) is 30.7 Å². The van der Waals surface area contributed by atoms with Crippen molar-refractivity contribution in [1.82, 2.24) is 9.55 Å². The lowest BCUT2D eigenvalue weighted by Gasteiger charge is -2.03. The molecule has 0 unspecified atom stereocenters. The van der Waals surface area contributed by atoms with Gasteiger partial charge in [-0.1, -0.05) is 0 Å².